The van der Waals surface area contributed by atoms with E-state index >= 15 is 0 Å². The summed E-state index contributed by atoms with van der Waals surface area (Å²) in [5, 5.41) is 10.2. The number of nitrogens with zero attached hydrogens (tertiary/aromatic N) is 1. The van der Waals surface area contributed by atoms with E-state index in [4.69, 9.17) is 24.4 Å². The van der Waals surface area contributed by atoms with Gasteiger partial charge in [0.05, 0.1) is 12.3 Å². The molecule has 0 amide bonds. The molecule has 0 spiro atoms. The minimum atomic E-state index is -0.599. The van der Waals surface area contributed by atoms with E-state index in [0.29, 0.717) is 35.7 Å². The van der Waals surface area contributed by atoms with Gasteiger partial charge in [-0.25, -0.2) is 0 Å². The summed E-state index contributed by atoms with van der Waals surface area (Å²) in [6.07, 6.45) is -0.139. The molecule has 0 bridgehead atoms. The molecule has 1 aliphatic heterocycles. The number of nitrogens with one attached hydrogen (secondary N) is 1. The van der Waals surface area contributed by atoms with Crippen LogP contribution >= 0.6 is 0 Å². The van der Waals surface area contributed by atoms with Crippen molar-refractivity contribution in [3.05, 3.63) is 76.9 Å². The van der Waals surface area contributed by atoms with Crippen molar-refractivity contribution in [2.75, 3.05) is 19.8 Å². The van der Waals surface area contributed by atoms with E-state index in [0.717, 1.165) is 33.9 Å². The normalized spacial score (nSPS) is 16.4. The molecule has 0 radical (unpaired) electrons. The molecule has 0 aliphatic carbocycles. The van der Waals surface area contributed by atoms with Gasteiger partial charge in [0.1, 0.15) is 25.1 Å². The molecule has 8 nitrogen and oxygen atoms in total. The van der Waals surface area contributed by atoms with Gasteiger partial charge in [-0.15, -0.1) is 0 Å². The van der Waals surface area contributed by atoms with E-state index in [1.54, 1.807) is 6.07 Å². The van der Waals surface area contributed by atoms with Crippen molar-refractivity contribution in [2.45, 2.75) is 53.1 Å². The Morgan fingerprint density at radius 3 is 2.30 bits per heavy atom. The van der Waals surface area contributed by atoms with Crippen molar-refractivity contribution >= 4 is 39.3 Å². The molecule has 208 valence electrons. The lowest BCUT2D eigenvalue weighted by molar-refractivity contribution is -0.141. The van der Waals surface area contributed by atoms with Gasteiger partial charge in [0, 0.05) is 46.4 Å². The lowest BCUT2D eigenvalue weighted by atomic mass is 9.97. The fraction of sp³-hybridized carbons (Fsp3) is 0.344. The number of rotatable bonds is 9. The molecule has 4 aromatic rings. The second-order valence-electron chi connectivity index (χ2n) is 10.5. The third-order valence-corrected chi connectivity index (χ3v) is 7.16. The molecule has 1 unspecified atom stereocenters. The van der Waals surface area contributed by atoms with Gasteiger partial charge >= 0.3 is 5.97 Å². The first-order chi connectivity index (χ1) is 19.1. The third kappa shape index (κ3) is 5.50. The van der Waals surface area contributed by atoms with Crippen molar-refractivity contribution in [1.29, 1.82) is 5.41 Å². The average molecular weight is 543 g/mol. The fourth-order valence-electron chi connectivity index (χ4n) is 5.20. The Kier molecular flexibility index (Phi) is 7.49. The number of esters is 1. The van der Waals surface area contributed by atoms with Gasteiger partial charge in [-0.3, -0.25) is 9.59 Å². The van der Waals surface area contributed by atoms with Crippen LogP contribution in [0.4, 0.5) is 0 Å². The molecule has 8 heteroatoms. The van der Waals surface area contributed by atoms with Gasteiger partial charge in [0.15, 0.2) is 11.6 Å². The highest BCUT2D eigenvalue weighted by molar-refractivity contribution is 6.16. The highest BCUT2D eigenvalue weighted by Crippen LogP contribution is 2.32. The zero-order valence-electron chi connectivity index (χ0n) is 23.5. The van der Waals surface area contributed by atoms with Crippen LogP contribution in [0.2, 0.25) is 0 Å². The zero-order valence-corrected chi connectivity index (χ0v) is 23.5. The van der Waals surface area contributed by atoms with E-state index in [9.17, 15) is 9.59 Å². The van der Waals surface area contributed by atoms with E-state index < -0.39 is 11.8 Å². The number of hydrogen-bond donors (Lipinski definition) is 1. The van der Waals surface area contributed by atoms with E-state index in [-0.39, 0.29) is 24.2 Å². The highest BCUT2D eigenvalue weighted by Gasteiger charge is 2.33. The second kappa shape index (κ2) is 10.9. The first-order valence-electron chi connectivity index (χ1n) is 13.4. The number of ketones is 1. The van der Waals surface area contributed by atoms with Crippen molar-refractivity contribution in [2.24, 2.45) is 0 Å². The predicted molar refractivity (Wildman–Crippen MR) is 154 cm³/mol. The monoisotopic (exact) mass is 542 g/mol. The van der Waals surface area contributed by atoms with Crippen LogP contribution in [-0.2, 0) is 25.5 Å². The number of carbonyl (C=O) groups is 2. The summed E-state index contributed by atoms with van der Waals surface area (Å²) in [4.78, 5) is 24.8. The van der Waals surface area contributed by atoms with E-state index in [1.165, 1.54) is 6.92 Å². The minimum absolute atomic E-state index is 0.0728. The molecule has 1 aliphatic rings. The maximum Gasteiger partial charge on any atom is 0.303 e. The molecule has 1 saturated heterocycles. The number of aromatic nitrogens is 1. The third-order valence-electron chi connectivity index (χ3n) is 7.16. The first-order valence-corrected chi connectivity index (χ1v) is 13.4. The molecule has 1 atom stereocenters. The number of benzene rings is 3. The molecule has 1 N–H and O–H groups in total. The maximum absolute atomic E-state index is 13.6. The Morgan fingerprint density at radius 2 is 1.70 bits per heavy atom. The second-order valence-corrected chi connectivity index (χ2v) is 10.5. The standard InChI is InChI=1S/C32H34N2O6/c1-6-34-29-11-7-21(28(33)18-37-20(3)35)14-26(29)27-15-22(8-12-30(27)34)31(36)25-10-9-23(13-19(25)2)38-16-24-17-39-32(4,5)40-24/h7-15,24,33H,6,16-18H2,1-5H3. The molecule has 3 aromatic carbocycles. The highest BCUT2D eigenvalue weighted by atomic mass is 16.7. The van der Waals surface area contributed by atoms with E-state index in [1.807, 2.05) is 69.3 Å². The van der Waals surface area contributed by atoms with Crippen molar-refractivity contribution in [3.8, 4) is 5.75 Å². The van der Waals surface area contributed by atoms with Crippen LogP contribution in [0.1, 0.15) is 54.7 Å². The first kappa shape index (κ1) is 27.6. The SMILES string of the molecule is CCn1c2ccc(C(=N)COC(C)=O)cc2c2cc(C(=O)c3ccc(OCC4COC(C)(C)O4)cc3C)ccc21. The maximum atomic E-state index is 13.6. The summed E-state index contributed by atoms with van der Waals surface area (Å²) in [5.74, 6) is -0.422. The number of hydrogen-bond acceptors (Lipinski definition) is 7. The Hall–Kier alpha value is -4.01. The fourth-order valence-corrected chi connectivity index (χ4v) is 5.20. The summed E-state index contributed by atoms with van der Waals surface area (Å²) in [7, 11) is 0. The molecule has 1 aromatic heterocycles. The Morgan fingerprint density at radius 1 is 1.02 bits per heavy atom. The molecule has 40 heavy (non-hydrogen) atoms. The van der Waals surface area contributed by atoms with Crippen LogP contribution < -0.4 is 4.74 Å². The Labute approximate surface area is 233 Å². The smallest absolute Gasteiger partial charge is 0.303 e. The summed E-state index contributed by atoms with van der Waals surface area (Å²) >= 11 is 0. The summed E-state index contributed by atoms with van der Waals surface area (Å²) in [6.45, 7) is 10.6. The molecule has 5 rings (SSSR count). The molecule has 1 fully saturated rings. The number of fused-ring (bicyclic) bond motifs is 3. The van der Waals surface area contributed by atoms with Gasteiger partial charge < -0.3 is 28.9 Å². The zero-order chi connectivity index (χ0) is 28.6. The van der Waals surface area contributed by atoms with Crippen LogP contribution in [0.25, 0.3) is 21.8 Å². The number of aryl methyl sites for hydroxylation is 2. The topological polar surface area (TPSA) is 99.8 Å². The van der Waals surface area contributed by atoms with Crippen LogP contribution in [0, 0.1) is 12.3 Å². The Balaban J connectivity index is 1.42. The summed E-state index contributed by atoms with van der Waals surface area (Å²) < 4.78 is 24.5. The van der Waals surface area contributed by atoms with Crippen LogP contribution in [-0.4, -0.2) is 53.7 Å². The molecular formula is C32H34N2O6. The van der Waals surface area contributed by atoms with Crippen molar-refractivity contribution in [3.63, 3.8) is 0 Å². The summed E-state index contributed by atoms with van der Waals surface area (Å²) in [6, 6.07) is 17.0. The number of carbonyl (C=O) groups excluding carboxylic acids is 2. The van der Waals surface area contributed by atoms with Gasteiger partial charge in [-0.2, -0.15) is 0 Å². The van der Waals surface area contributed by atoms with Crippen molar-refractivity contribution in [1.82, 2.24) is 4.57 Å². The van der Waals surface area contributed by atoms with Gasteiger partial charge in [-0.1, -0.05) is 6.07 Å². The van der Waals surface area contributed by atoms with Gasteiger partial charge in [0.2, 0.25) is 0 Å². The quantitative estimate of drug-likeness (QED) is 0.163. The minimum Gasteiger partial charge on any atom is -0.491 e. The number of ether oxygens (including phenoxy) is 4. The average Bonchev–Trinajstić information content (AvgIpc) is 3.45. The van der Waals surface area contributed by atoms with E-state index in [2.05, 4.69) is 11.5 Å². The summed E-state index contributed by atoms with van der Waals surface area (Å²) in [5.41, 5.74) is 4.93. The van der Waals surface area contributed by atoms with Crippen LogP contribution in [0.5, 0.6) is 5.75 Å². The molecular weight excluding hydrogens is 508 g/mol. The lowest BCUT2D eigenvalue weighted by Crippen LogP contribution is -2.25. The van der Waals surface area contributed by atoms with Gasteiger partial charge in [0.25, 0.3) is 0 Å². The largest absolute Gasteiger partial charge is 0.491 e. The Bertz CT molecular complexity index is 1630. The van der Waals surface area contributed by atoms with Crippen molar-refractivity contribution < 1.29 is 28.5 Å². The predicted octanol–water partition coefficient (Wildman–Crippen LogP) is 5.82. The van der Waals surface area contributed by atoms with Crippen LogP contribution in [0.3, 0.4) is 0 Å². The molecule has 2 heterocycles. The van der Waals surface area contributed by atoms with Crippen LogP contribution in [0.15, 0.2) is 54.6 Å². The molecule has 0 saturated carbocycles. The van der Waals surface area contributed by atoms with Gasteiger partial charge in [-0.05, 0) is 87.4 Å². The lowest BCUT2D eigenvalue weighted by Gasteiger charge is -2.17.